The lowest BCUT2D eigenvalue weighted by atomic mass is 10.2. The molecule has 0 bridgehead atoms. The number of hydrazine groups is 1. The first kappa shape index (κ1) is 18.9. The van der Waals surface area contributed by atoms with Crippen LogP contribution >= 0.6 is 11.8 Å². The maximum absolute atomic E-state index is 12.1. The van der Waals surface area contributed by atoms with Gasteiger partial charge >= 0.3 is 0 Å². The first-order valence-electron chi connectivity index (χ1n) is 8.26. The van der Waals surface area contributed by atoms with Crippen molar-refractivity contribution in [3.63, 3.8) is 0 Å². The highest BCUT2D eigenvalue weighted by atomic mass is 32.2. The Hall–Kier alpha value is -2.47. The van der Waals surface area contributed by atoms with Crippen LogP contribution in [0.15, 0.2) is 59.5 Å². The molecule has 2 aromatic carbocycles. The van der Waals surface area contributed by atoms with Gasteiger partial charge in [0.15, 0.2) is 0 Å². The van der Waals surface area contributed by atoms with E-state index in [4.69, 9.17) is 0 Å². The quantitative estimate of drug-likeness (QED) is 0.590. The molecule has 2 amide bonds. The molecule has 5 nitrogen and oxygen atoms in total. The lowest BCUT2D eigenvalue weighted by Gasteiger charge is -2.21. The number of amides is 2. The number of thioether (sulfide) groups is 1. The highest BCUT2D eigenvalue weighted by Gasteiger charge is 2.09. The van der Waals surface area contributed by atoms with E-state index in [2.05, 4.69) is 29.6 Å². The van der Waals surface area contributed by atoms with Crippen LogP contribution in [0.2, 0.25) is 0 Å². The highest BCUT2D eigenvalue weighted by molar-refractivity contribution is 8.00. The smallest absolute Gasteiger partial charge is 0.269 e. The third-order valence-electron chi connectivity index (χ3n) is 3.69. The fourth-order valence-corrected chi connectivity index (χ4v) is 3.03. The molecule has 2 N–H and O–H groups in total. The van der Waals surface area contributed by atoms with Gasteiger partial charge in [-0.2, -0.15) is 0 Å². The molecule has 132 valence electrons. The van der Waals surface area contributed by atoms with Gasteiger partial charge in [-0.1, -0.05) is 18.2 Å². The van der Waals surface area contributed by atoms with E-state index in [1.54, 1.807) is 12.1 Å². The van der Waals surface area contributed by atoms with Crippen molar-refractivity contribution in [1.82, 2.24) is 10.9 Å². The summed E-state index contributed by atoms with van der Waals surface area (Å²) < 4.78 is 0. The monoisotopic (exact) mass is 357 g/mol. The van der Waals surface area contributed by atoms with Crippen LogP contribution in [-0.2, 0) is 4.79 Å². The van der Waals surface area contributed by atoms with E-state index >= 15 is 0 Å². The summed E-state index contributed by atoms with van der Waals surface area (Å²) in [6.45, 7) is 6.01. The summed E-state index contributed by atoms with van der Waals surface area (Å²) in [5, 5.41) is 0. The number of hydrogen-bond acceptors (Lipinski definition) is 4. The summed E-state index contributed by atoms with van der Waals surface area (Å²) in [5.41, 5.74) is 6.47. The van der Waals surface area contributed by atoms with Crippen LogP contribution in [0.3, 0.4) is 0 Å². The number of hydrogen-bond donors (Lipinski definition) is 2. The second-order valence-corrected chi connectivity index (χ2v) is 6.37. The minimum Gasteiger partial charge on any atom is -0.372 e. The van der Waals surface area contributed by atoms with E-state index in [9.17, 15) is 9.59 Å². The number of carbonyl (C=O) groups is 2. The van der Waals surface area contributed by atoms with Gasteiger partial charge in [0.25, 0.3) is 5.91 Å². The van der Waals surface area contributed by atoms with Crippen LogP contribution in [0.1, 0.15) is 24.2 Å². The maximum atomic E-state index is 12.1. The molecule has 0 saturated heterocycles. The van der Waals surface area contributed by atoms with Crippen molar-refractivity contribution in [2.24, 2.45) is 0 Å². The Balaban J connectivity index is 1.80. The van der Waals surface area contributed by atoms with Crippen molar-refractivity contribution in [2.45, 2.75) is 18.7 Å². The van der Waals surface area contributed by atoms with Crippen molar-refractivity contribution < 1.29 is 9.59 Å². The molecule has 0 aliphatic heterocycles. The number of benzene rings is 2. The molecule has 0 fully saturated rings. The Morgan fingerprint density at radius 2 is 1.56 bits per heavy atom. The molecule has 0 aliphatic carbocycles. The first-order chi connectivity index (χ1) is 12.1. The van der Waals surface area contributed by atoms with Gasteiger partial charge in [-0.15, -0.1) is 11.8 Å². The number of nitrogens with one attached hydrogen (secondary N) is 2. The number of carbonyl (C=O) groups excluding carboxylic acids is 2. The molecular formula is C19H23N3O2S. The summed E-state index contributed by atoms with van der Waals surface area (Å²) in [5.74, 6) is -0.336. The predicted molar refractivity (Wildman–Crippen MR) is 103 cm³/mol. The summed E-state index contributed by atoms with van der Waals surface area (Å²) in [4.78, 5) is 27.1. The zero-order valence-electron chi connectivity index (χ0n) is 14.5. The molecule has 2 rings (SSSR count). The number of anilines is 1. The van der Waals surface area contributed by atoms with E-state index in [-0.39, 0.29) is 17.6 Å². The lowest BCUT2D eigenvalue weighted by Crippen LogP contribution is -2.42. The SMILES string of the molecule is CCN(CC)c1ccc(C(=O)NNC(=O)CSc2ccccc2)cc1. The average Bonchev–Trinajstić information content (AvgIpc) is 2.67. The van der Waals surface area contributed by atoms with Crippen molar-refractivity contribution in [3.8, 4) is 0 Å². The van der Waals surface area contributed by atoms with E-state index < -0.39 is 0 Å². The Morgan fingerprint density at radius 3 is 2.16 bits per heavy atom. The van der Waals surface area contributed by atoms with Gasteiger partial charge in [-0.25, -0.2) is 0 Å². The summed E-state index contributed by atoms with van der Waals surface area (Å²) in [7, 11) is 0. The molecule has 6 heteroatoms. The van der Waals surface area contributed by atoms with Gasteiger partial charge in [-0.3, -0.25) is 20.4 Å². The summed E-state index contributed by atoms with van der Waals surface area (Å²) in [6, 6.07) is 17.0. The van der Waals surface area contributed by atoms with Crippen LogP contribution in [0.5, 0.6) is 0 Å². The van der Waals surface area contributed by atoms with Crippen LogP contribution in [0.4, 0.5) is 5.69 Å². The maximum Gasteiger partial charge on any atom is 0.269 e. The number of rotatable bonds is 7. The summed E-state index contributed by atoms with van der Waals surface area (Å²) >= 11 is 1.42. The molecule has 25 heavy (non-hydrogen) atoms. The minimum atomic E-state index is -0.329. The van der Waals surface area contributed by atoms with Crippen molar-refractivity contribution in [3.05, 3.63) is 60.2 Å². The second-order valence-electron chi connectivity index (χ2n) is 5.32. The minimum absolute atomic E-state index is 0.241. The number of nitrogens with zero attached hydrogens (tertiary/aromatic N) is 1. The topological polar surface area (TPSA) is 61.4 Å². The highest BCUT2D eigenvalue weighted by Crippen LogP contribution is 2.16. The fourth-order valence-electron chi connectivity index (χ4n) is 2.31. The van der Waals surface area contributed by atoms with E-state index in [1.807, 2.05) is 42.5 Å². The van der Waals surface area contributed by atoms with Gasteiger partial charge in [0.05, 0.1) is 5.75 Å². The molecule has 0 heterocycles. The largest absolute Gasteiger partial charge is 0.372 e. The van der Waals surface area contributed by atoms with Crippen molar-refractivity contribution >= 4 is 29.3 Å². The van der Waals surface area contributed by atoms with Crippen LogP contribution in [0, 0.1) is 0 Å². The Labute approximate surface area is 152 Å². The molecule has 0 aliphatic rings. The molecule has 0 saturated carbocycles. The molecule has 0 atom stereocenters. The third-order valence-corrected chi connectivity index (χ3v) is 4.70. The lowest BCUT2D eigenvalue weighted by molar-refractivity contribution is -0.119. The molecule has 0 radical (unpaired) electrons. The molecule has 0 unspecified atom stereocenters. The third kappa shape index (κ3) is 5.83. The Kier molecular flexibility index (Phi) is 7.35. The van der Waals surface area contributed by atoms with Gasteiger partial charge < -0.3 is 4.90 Å². The molecule has 0 aromatic heterocycles. The van der Waals surface area contributed by atoms with Crippen molar-refractivity contribution in [2.75, 3.05) is 23.7 Å². The molecule has 0 spiro atoms. The van der Waals surface area contributed by atoms with Crippen LogP contribution in [-0.4, -0.2) is 30.7 Å². The van der Waals surface area contributed by atoms with Gasteiger partial charge in [-0.05, 0) is 50.2 Å². The molecular weight excluding hydrogens is 334 g/mol. The zero-order valence-corrected chi connectivity index (χ0v) is 15.3. The van der Waals surface area contributed by atoms with Crippen molar-refractivity contribution in [1.29, 1.82) is 0 Å². The van der Waals surface area contributed by atoms with Crippen LogP contribution in [0.25, 0.3) is 0 Å². The zero-order chi connectivity index (χ0) is 18.1. The second kappa shape index (κ2) is 9.74. The van der Waals surface area contributed by atoms with Crippen LogP contribution < -0.4 is 15.8 Å². The normalized spacial score (nSPS) is 10.2. The summed E-state index contributed by atoms with van der Waals surface area (Å²) in [6.07, 6.45) is 0. The van der Waals surface area contributed by atoms with Gasteiger partial charge in [0, 0.05) is 29.2 Å². The fraction of sp³-hybridized carbons (Fsp3) is 0.263. The Bertz CT molecular complexity index is 686. The van der Waals surface area contributed by atoms with E-state index in [0.29, 0.717) is 5.56 Å². The molecule has 2 aromatic rings. The van der Waals surface area contributed by atoms with E-state index in [0.717, 1.165) is 23.7 Å². The predicted octanol–water partition coefficient (Wildman–Crippen LogP) is 3.09. The first-order valence-corrected chi connectivity index (χ1v) is 9.24. The van der Waals surface area contributed by atoms with Gasteiger partial charge in [0.1, 0.15) is 0 Å². The standard InChI is InChI=1S/C19H23N3O2S/c1-3-22(4-2)16-12-10-15(11-13-16)19(24)21-20-18(23)14-25-17-8-6-5-7-9-17/h5-13H,3-4,14H2,1-2H3,(H,20,23)(H,21,24). The average molecular weight is 357 g/mol. The van der Waals surface area contributed by atoms with Gasteiger partial charge in [0.2, 0.25) is 5.91 Å². The Morgan fingerprint density at radius 1 is 0.920 bits per heavy atom. The van der Waals surface area contributed by atoms with E-state index in [1.165, 1.54) is 11.8 Å².